The van der Waals surface area contributed by atoms with E-state index in [4.69, 9.17) is 5.73 Å². The van der Waals surface area contributed by atoms with Gasteiger partial charge in [-0.05, 0) is 31.2 Å². The number of rotatable bonds is 22. The number of carbonyl (C=O) groups is 5. The summed E-state index contributed by atoms with van der Waals surface area (Å²) in [7, 11) is 0. The van der Waals surface area contributed by atoms with E-state index in [2.05, 4.69) is 22.9 Å². The summed E-state index contributed by atoms with van der Waals surface area (Å²) in [6, 6.07) is 3.25. The van der Waals surface area contributed by atoms with Gasteiger partial charge in [-0.1, -0.05) is 89.6 Å². The smallest absolute Gasteiger partial charge is 0.382 e. The third kappa shape index (κ3) is 16.6. The van der Waals surface area contributed by atoms with Gasteiger partial charge in [-0.25, -0.2) is 0 Å². The number of aliphatic hydroxyl groups excluding tert-OH is 1. The zero-order valence-corrected chi connectivity index (χ0v) is 27.8. The second-order valence-electron chi connectivity index (χ2n) is 12.2. The minimum Gasteiger partial charge on any atom is -0.382 e. The predicted molar refractivity (Wildman–Crippen MR) is 171 cm³/mol. The monoisotopic (exact) mass is 671 g/mol. The molecule has 7 N–H and O–H groups in total. The summed E-state index contributed by atoms with van der Waals surface area (Å²) in [5, 5.41) is 19.6. The number of hydrogen-bond donors (Lipinski definition) is 6. The lowest BCUT2D eigenvalue weighted by atomic mass is 10.00. The molecule has 0 saturated carbocycles. The van der Waals surface area contributed by atoms with E-state index in [1.54, 1.807) is 44.2 Å². The van der Waals surface area contributed by atoms with Crippen LogP contribution < -0.4 is 27.0 Å². The minimum absolute atomic E-state index is 0.0115. The van der Waals surface area contributed by atoms with E-state index in [1.165, 1.54) is 13.3 Å². The highest BCUT2D eigenvalue weighted by Gasteiger charge is 2.44. The lowest BCUT2D eigenvalue weighted by Gasteiger charge is -2.28. The highest BCUT2D eigenvalue weighted by atomic mass is 19.4. The maximum Gasteiger partial charge on any atom is 0.416 e. The van der Waals surface area contributed by atoms with Gasteiger partial charge in [0.05, 0.1) is 6.04 Å². The van der Waals surface area contributed by atoms with E-state index >= 15 is 0 Å². The van der Waals surface area contributed by atoms with Gasteiger partial charge in [0.15, 0.2) is 6.10 Å². The molecular weight excluding hydrogens is 619 g/mol. The van der Waals surface area contributed by atoms with Crippen LogP contribution in [0.5, 0.6) is 0 Å². The largest absolute Gasteiger partial charge is 0.416 e. The molecule has 47 heavy (non-hydrogen) atoms. The van der Waals surface area contributed by atoms with Crippen molar-refractivity contribution in [1.82, 2.24) is 21.3 Å². The highest BCUT2D eigenvalue weighted by Crippen LogP contribution is 2.24. The molecule has 0 fully saturated rings. The van der Waals surface area contributed by atoms with Crippen LogP contribution in [0.25, 0.3) is 0 Å². The molecule has 14 heteroatoms. The Morgan fingerprint density at radius 3 is 1.94 bits per heavy atom. The van der Waals surface area contributed by atoms with Crippen LogP contribution in [-0.2, 0) is 30.4 Å². The number of nitrogens with one attached hydrogen (secondary N) is 4. The van der Waals surface area contributed by atoms with Crippen LogP contribution >= 0.6 is 0 Å². The Hall–Kier alpha value is -3.68. The number of amides is 5. The lowest BCUT2D eigenvalue weighted by Crippen LogP contribution is -2.59. The van der Waals surface area contributed by atoms with Gasteiger partial charge in [-0.2, -0.15) is 13.2 Å². The summed E-state index contributed by atoms with van der Waals surface area (Å²) in [4.78, 5) is 63.4. The third-order valence-electron chi connectivity index (χ3n) is 7.69. The van der Waals surface area contributed by atoms with Crippen LogP contribution in [0.2, 0.25) is 0 Å². The molecule has 1 aromatic rings. The Kier molecular flexibility index (Phi) is 18.7. The number of unbranched alkanes of at least 4 members (excludes halogenated alkanes) is 6. The van der Waals surface area contributed by atoms with Crippen molar-refractivity contribution in [3.8, 4) is 0 Å². The molecule has 0 saturated heterocycles. The van der Waals surface area contributed by atoms with E-state index in [-0.39, 0.29) is 24.7 Å². The molecule has 0 aliphatic heterocycles. The summed E-state index contributed by atoms with van der Waals surface area (Å²) in [5.41, 5.74) is 5.70. The summed E-state index contributed by atoms with van der Waals surface area (Å²) < 4.78 is 39.6. The van der Waals surface area contributed by atoms with E-state index in [1.807, 2.05) is 5.32 Å². The zero-order chi connectivity index (χ0) is 35.6. The zero-order valence-electron chi connectivity index (χ0n) is 27.8. The number of benzene rings is 1. The summed E-state index contributed by atoms with van der Waals surface area (Å²) in [6.07, 6.45) is -1.68. The average Bonchev–Trinajstić information content (AvgIpc) is 3.00. The van der Waals surface area contributed by atoms with Crippen molar-refractivity contribution in [2.45, 2.75) is 135 Å². The van der Waals surface area contributed by atoms with Crippen molar-refractivity contribution in [3.63, 3.8) is 0 Å². The standard InChI is InChI=1S/C33H52F3N5O6/c1-5-6-7-8-9-10-14-17-27(43)41-28(21(2)3)32(47)40-25(20-23-15-12-11-13-16-23)31(46)38-22(4)30(45)39-24(18-19-26(37)42)29(44)33(34,35)36/h11-13,15-16,21-22,24-25,28-29,44H,5-10,14,17-20H2,1-4H3,(H2,37,42)(H,38,46)(H,39,45)(H,40,47)(H,41,43)/t22-,24-,25+,28+,29?/m1/s1. The van der Waals surface area contributed by atoms with E-state index in [9.17, 15) is 42.3 Å². The van der Waals surface area contributed by atoms with Crippen molar-refractivity contribution in [2.24, 2.45) is 11.7 Å². The Bertz CT molecular complexity index is 1140. The van der Waals surface area contributed by atoms with Gasteiger partial charge in [0.2, 0.25) is 29.5 Å². The van der Waals surface area contributed by atoms with Crippen LogP contribution in [0, 0.1) is 5.92 Å². The van der Waals surface area contributed by atoms with Crippen LogP contribution in [0.3, 0.4) is 0 Å². The van der Waals surface area contributed by atoms with Crippen molar-refractivity contribution in [1.29, 1.82) is 0 Å². The molecule has 0 radical (unpaired) electrons. The number of alkyl halides is 3. The Balaban J connectivity index is 2.97. The normalized spacial score (nSPS) is 14.7. The molecule has 1 rings (SSSR count). The molecule has 0 bridgehead atoms. The number of hydrogen-bond acceptors (Lipinski definition) is 6. The van der Waals surface area contributed by atoms with Crippen molar-refractivity contribution < 1.29 is 42.3 Å². The first-order valence-electron chi connectivity index (χ1n) is 16.3. The van der Waals surface area contributed by atoms with E-state index < -0.39 is 72.9 Å². The molecule has 0 aliphatic rings. The summed E-state index contributed by atoms with van der Waals surface area (Å²) in [6.45, 7) is 6.87. The molecular formula is C33H52F3N5O6. The second-order valence-corrected chi connectivity index (χ2v) is 12.2. The maximum absolute atomic E-state index is 13.4. The molecule has 0 aliphatic carbocycles. The molecule has 0 heterocycles. The first kappa shape index (κ1) is 41.3. The fraction of sp³-hybridized carbons (Fsp3) is 0.667. The van der Waals surface area contributed by atoms with Gasteiger partial charge >= 0.3 is 6.18 Å². The average molecular weight is 672 g/mol. The molecule has 1 unspecified atom stereocenters. The number of halogens is 3. The topological polar surface area (TPSA) is 180 Å². The first-order chi connectivity index (χ1) is 22.1. The SMILES string of the molecule is CCCCCCCCCC(=O)N[C@H](C(=O)N[C@@H](Cc1ccccc1)C(=O)N[C@H](C)C(=O)N[C@H](CCC(N)=O)C(O)C(F)(F)F)C(C)C. The fourth-order valence-electron chi connectivity index (χ4n) is 4.87. The van der Waals surface area contributed by atoms with Gasteiger partial charge < -0.3 is 32.1 Å². The minimum atomic E-state index is -5.09. The van der Waals surface area contributed by atoms with E-state index in [0.29, 0.717) is 12.0 Å². The van der Waals surface area contributed by atoms with Crippen LogP contribution in [-0.4, -0.2) is 71.1 Å². The molecule has 11 nitrogen and oxygen atoms in total. The molecule has 1 aromatic carbocycles. The van der Waals surface area contributed by atoms with Crippen LogP contribution in [0.4, 0.5) is 13.2 Å². The third-order valence-corrected chi connectivity index (χ3v) is 7.69. The summed E-state index contributed by atoms with van der Waals surface area (Å²) in [5.74, 6) is -4.00. The Morgan fingerprint density at radius 1 is 0.787 bits per heavy atom. The van der Waals surface area contributed by atoms with Gasteiger partial charge in [0, 0.05) is 19.3 Å². The molecule has 5 atom stereocenters. The Morgan fingerprint density at radius 2 is 1.38 bits per heavy atom. The van der Waals surface area contributed by atoms with Crippen molar-refractivity contribution >= 4 is 29.5 Å². The number of primary amides is 1. The lowest BCUT2D eigenvalue weighted by molar-refractivity contribution is -0.212. The molecule has 266 valence electrons. The number of carbonyl (C=O) groups excluding carboxylic acids is 5. The highest BCUT2D eigenvalue weighted by molar-refractivity contribution is 5.94. The van der Waals surface area contributed by atoms with Crippen LogP contribution in [0.15, 0.2) is 30.3 Å². The van der Waals surface area contributed by atoms with Crippen molar-refractivity contribution in [3.05, 3.63) is 35.9 Å². The second kappa shape index (κ2) is 21.2. The predicted octanol–water partition coefficient (Wildman–Crippen LogP) is 3.17. The molecule has 5 amide bonds. The van der Waals surface area contributed by atoms with Gasteiger partial charge in [0.1, 0.15) is 18.1 Å². The van der Waals surface area contributed by atoms with Crippen LogP contribution in [0.1, 0.15) is 97.5 Å². The molecule has 0 spiro atoms. The van der Waals surface area contributed by atoms with Crippen molar-refractivity contribution in [2.75, 3.05) is 0 Å². The number of aliphatic hydroxyl groups is 1. The van der Waals surface area contributed by atoms with Gasteiger partial charge in [0.25, 0.3) is 0 Å². The van der Waals surface area contributed by atoms with Gasteiger partial charge in [-0.15, -0.1) is 0 Å². The van der Waals surface area contributed by atoms with Gasteiger partial charge in [-0.3, -0.25) is 24.0 Å². The maximum atomic E-state index is 13.4. The number of nitrogens with two attached hydrogens (primary N) is 1. The fourth-order valence-corrected chi connectivity index (χ4v) is 4.87. The summed E-state index contributed by atoms with van der Waals surface area (Å²) >= 11 is 0. The van der Waals surface area contributed by atoms with E-state index in [0.717, 1.165) is 32.1 Å². The Labute approximate surface area is 275 Å². The quantitative estimate of drug-likeness (QED) is 0.103. The first-order valence-corrected chi connectivity index (χ1v) is 16.3. The molecule has 0 aromatic heterocycles.